The molecule has 2 N–H and O–H groups in total. The fraction of sp³-hybridized carbons (Fsp3) is 0. The molecule has 0 amide bonds. The van der Waals surface area contributed by atoms with Crippen molar-refractivity contribution >= 4 is 38.1 Å². The van der Waals surface area contributed by atoms with Crippen LogP contribution in [0.3, 0.4) is 0 Å². The number of benzene rings is 2. The summed E-state index contributed by atoms with van der Waals surface area (Å²) in [5.74, 6) is -0.388. The third-order valence-electron chi connectivity index (χ3n) is 4.44. The monoisotopic (exact) mass is 424 g/mol. The summed E-state index contributed by atoms with van der Waals surface area (Å²) in [6.45, 7) is 0. The molecule has 0 fully saturated rings. The molecule has 1 aliphatic heterocycles. The van der Waals surface area contributed by atoms with Gasteiger partial charge < -0.3 is 10.2 Å². The Labute approximate surface area is 168 Å². The molecule has 0 aliphatic carbocycles. The molecule has 10 heteroatoms. The predicted octanol–water partition coefficient (Wildman–Crippen LogP) is 2.10. The Morgan fingerprint density at radius 1 is 0.897 bits per heavy atom. The van der Waals surface area contributed by atoms with E-state index in [2.05, 4.69) is 14.4 Å². The molecule has 2 aromatic heterocycles. The maximum absolute atomic E-state index is 12.3. The van der Waals surface area contributed by atoms with Crippen LogP contribution in [0.15, 0.2) is 78.6 Å². The molecule has 1 aliphatic rings. The van der Waals surface area contributed by atoms with Gasteiger partial charge in [0.1, 0.15) is 4.21 Å². The molecule has 8 nitrogen and oxygen atoms in total. The molecule has 144 valence electrons. The molecular weight excluding hydrogens is 412 g/mol. The van der Waals surface area contributed by atoms with Gasteiger partial charge in [0.15, 0.2) is 0 Å². The number of aromatic hydroxyl groups is 2. The fourth-order valence-electron chi connectivity index (χ4n) is 3.14. The number of rotatable bonds is 3. The van der Waals surface area contributed by atoms with E-state index >= 15 is 0 Å². The Hall–Kier alpha value is -3.50. The van der Waals surface area contributed by atoms with Crippen LogP contribution in [-0.4, -0.2) is 29.2 Å². The van der Waals surface area contributed by atoms with Gasteiger partial charge in [-0.15, -0.1) is 15.7 Å². The standard InChI is InChI=1S/C19H12N4O4S2/c24-17-12-4-1-2-5-13(12)18(25)23(17)11-7-8-14-15(10-11)21-19(20-14)22-29(26,27)16-6-3-9-28-16/h1-10,24-25H/b22-19+. The first kappa shape index (κ1) is 17.6. The Morgan fingerprint density at radius 2 is 1.59 bits per heavy atom. The van der Waals surface area contributed by atoms with Gasteiger partial charge in [0.25, 0.3) is 16.0 Å². The average Bonchev–Trinajstić information content (AvgIpc) is 3.41. The highest BCUT2D eigenvalue weighted by Crippen LogP contribution is 2.38. The van der Waals surface area contributed by atoms with Crippen molar-refractivity contribution < 1.29 is 18.6 Å². The molecular formula is C19H12N4O4S2. The number of hydrogen-bond acceptors (Lipinski definition) is 5. The Kier molecular flexibility index (Phi) is 3.80. The zero-order valence-corrected chi connectivity index (χ0v) is 16.2. The first-order valence-electron chi connectivity index (χ1n) is 8.42. The lowest BCUT2D eigenvalue weighted by Crippen LogP contribution is -2.21. The third kappa shape index (κ3) is 2.80. The number of thiophene rings is 1. The second kappa shape index (κ2) is 6.26. The van der Waals surface area contributed by atoms with Crippen molar-refractivity contribution in [2.75, 3.05) is 0 Å². The summed E-state index contributed by atoms with van der Waals surface area (Å²) in [4.78, 5) is 8.32. The lowest BCUT2D eigenvalue weighted by atomic mass is 10.2. The molecule has 0 unspecified atom stereocenters. The quantitative estimate of drug-likeness (QED) is 0.524. The molecule has 0 radical (unpaired) electrons. The van der Waals surface area contributed by atoms with Gasteiger partial charge in [-0.25, -0.2) is 9.98 Å². The maximum Gasteiger partial charge on any atom is 0.295 e. The van der Waals surface area contributed by atoms with Crippen LogP contribution < -0.4 is 10.7 Å². The fourth-order valence-corrected chi connectivity index (χ4v) is 4.99. The van der Waals surface area contributed by atoms with Crippen molar-refractivity contribution in [3.63, 3.8) is 0 Å². The van der Waals surface area contributed by atoms with Crippen molar-refractivity contribution in [3.8, 4) is 17.4 Å². The molecule has 2 aromatic carbocycles. The Balaban J connectivity index is 1.63. The van der Waals surface area contributed by atoms with Gasteiger partial charge in [-0.3, -0.25) is 4.57 Å². The van der Waals surface area contributed by atoms with Gasteiger partial charge in [-0.2, -0.15) is 8.42 Å². The van der Waals surface area contributed by atoms with Crippen LogP contribution in [0, 0.1) is 0 Å². The second-order valence-electron chi connectivity index (χ2n) is 6.22. The van der Waals surface area contributed by atoms with Crippen molar-refractivity contribution in [1.82, 2.24) is 4.57 Å². The van der Waals surface area contributed by atoms with Crippen molar-refractivity contribution in [1.29, 1.82) is 0 Å². The van der Waals surface area contributed by atoms with Crippen LogP contribution in [0.4, 0.5) is 0 Å². The SMILES string of the molecule is O=S(=O)(/N=C1\N=c2ccc(-n3c(O)c4ccccc4c3O)cc2=N1)c1cccs1. The summed E-state index contributed by atoms with van der Waals surface area (Å²) in [5, 5.41) is 24.6. The Bertz CT molecular complexity index is 1500. The summed E-state index contributed by atoms with van der Waals surface area (Å²) in [5.41, 5.74) is 0.455. The van der Waals surface area contributed by atoms with E-state index in [4.69, 9.17) is 0 Å². The zero-order chi connectivity index (χ0) is 20.2. The minimum absolute atomic E-state index is 0.109. The summed E-state index contributed by atoms with van der Waals surface area (Å²) in [7, 11) is -3.88. The van der Waals surface area contributed by atoms with E-state index in [1.165, 1.54) is 10.6 Å². The lowest BCUT2D eigenvalue weighted by molar-refractivity contribution is 0.406. The van der Waals surface area contributed by atoms with E-state index in [0.717, 1.165) is 11.3 Å². The molecule has 0 bridgehead atoms. The lowest BCUT2D eigenvalue weighted by Gasteiger charge is -2.05. The molecule has 5 rings (SSSR count). The summed E-state index contributed by atoms with van der Waals surface area (Å²) >= 11 is 1.06. The number of aromatic nitrogens is 1. The van der Waals surface area contributed by atoms with Gasteiger partial charge in [0.2, 0.25) is 11.8 Å². The molecule has 0 spiro atoms. The summed E-state index contributed by atoms with van der Waals surface area (Å²) in [6, 6.07) is 14.9. The minimum Gasteiger partial charge on any atom is -0.494 e. The molecule has 3 heterocycles. The van der Waals surface area contributed by atoms with Crippen molar-refractivity contribution in [2.24, 2.45) is 14.4 Å². The molecule has 0 saturated heterocycles. The van der Waals surface area contributed by atoms with E-state index in [9.17, 15) is 18.6 Å². The van der Waals surface area contributed by atoms with E-state index < -0.39 is 10.0 Å². The highest BCUT2D eigenvalue weighted by Gasteiger charge is 2.19. The van der Waals surface area contributed by atoms with E-state index in [-0.39, 0.29) is 21.9 Å². The first-order chi connectivity index (χ1) is 13.9. The normalized spacial score (nSPS) is 14.7. The largest absolute Gasteiger partial charge is 0.494 e. The average molecular weight is 424 g/mol. The molecule has 0 saturated carbocycles. The van der Waals surface area contributed by atoms with Crippen LogP contribution in [0.25, 0.3) is 16.5 Å². The summed E-state index contributed by atoms with van der Waals surface area (Å²) in [6.07, 6.45) is 0. The van der Waals surface area contributed by atoms with Gasteiger partial charge in [0.05, 0.1) is 16.4 Å². The highest BCUT2D eigenvalue weighted by molar-refractivity contribution is 7.92. The van der Waals surface area contributed by atoms with E-state index in [1.54, 1.807) is 53.9 Å². The number of hydrogen-bond donors (Lipinski definition) is 2. The van der Waals surface area contributed by atoms with Crippen molar-refractivity contribution in [3.05, 3.63) is 70.7 Å². The van der Waals surface area contributed by atoms with Crippen molar-refractivity contribution in [2.45, 2.75) is 4.21 Å². The second-order valence-corrected chi connectivity index (χ2v) is 9.00. The molecule has 0 atom stereocenters. The van der Waals surface area contributed by atoms with Crippen LogP contribution in [0.2, 0.25) is 0 Å². The van der Waals surface area contributed by atoms with Gasteiger partial charge in [0, 0.05) is 10.8 Å². The number of sulfonamides is 1. The van der Waals surface area contributed by atoms with Gasteiger partial charge in [-0.1, -0.05) is 18.2 Å². The van der Waals surface area contributed by atoms with E-state index in [0.29, 0.717) is 27.2 Å². The highest BCUT2D eigenvalue weighted by atomic mass is 32.2. The van der Waals surface area contributed by atoms with Gasteiger partial charge in [-0.05, 0) is 41.8 Å². The third-order valence-corrected chi connectivity index (χ3v) is 7.07. The molecule has 4 aromatic rings. The summed E-state index contributed by atoms with van der Waals surface area (Å²) < 4.78 is 29.7. The number of fused-ring (bicyclic) bond motifs is 2. The minimum atomic E-state index is -3.88. The Morgan fingerprint density at radius 3 is 2.24 bits per heavy atom. The van der Waals surface area contributed by atoms with Gasteiger partial charge >= 0.3 is 0 Å². The zero-order valence-electron chi connectivity index (χ0n) is 14.6. The van der Waals surface area contributed by atoms with Crippen LogP contribution in [0.1, 0.15) is 0 Å². The smallest absolute Gasteiger partial charge is 0.295 e. The van der Waals surface area contributed by atoms with Crippen LogP contribution >= 0.6 is 11.3 Å². The number of guanidine groups is 1. The van der Waals surface area contributed by atoms with Crippen LogP contribution in [0.5, 0.6) is 11.8 Å². The number of nitrogens with zero attached hydrogens (tertiary/aromatic N) is 4. The van der Waals surface area contributed by atoms with E-state index in [1.807, 2.05) is 0 Å². The molecule has 29 heavy (non-hydrogen) atoms. The van der Waals surface area contributed by atoms with Crippen LogP contribution in [-0.2, 0) is 10.0 Å². The topological polar surface area (TPSA) is 117 Å². The maximum atomic E-state index is 12.3. The first-order valence-corrected chi connectivity index (χ1v) is 10.7. The predicted molar refractivity (Wildman–Crippen MR) is 108 cm³/mol.